The summed E-state index contributed by atoms with van der Waals surface area (Å²) in [6, 6.07) is 7.38. The van der Waals surface area contributed by atoms with Crippen LogP contribution in [0.5, 0.6) is 5.75 Å². The molecule has 0 bridgehead atoms. The molecule has 0 spiro atoms. The van der Waals surface area contributed by atoms with E-state index in [9.17, 15) is 4.79 Å². The smallest absolute Gasteiger partial charge is 0.317 e. The van der Waals surface area contributed by atoms with E-state index in [-0.39, 0.29) is 12.4 Å². The van der Waals surface area contributed by atoms with Crippen LogP contribution in [0.1, 0.15) is 18.9 Å². The van der Waals surface area contributed by atoms with Gasteiger partial charge in [-0.3, -0.25) is 4.79 Å². The van der Waals surface area contributed by atoms with E-state index in [2.05, 4.69) is 11.8 Å². The summed E-state index contributed by atoms with van der Waals surface area (Å²) in [4.78, 5) is 11.0. The Kier molecular flexibility index (Phi) is 4.94. The zero-order valence-electron chi connectivity index (χ0n) is 9.45. The van der Waals surface area contributed by atoms with E-state index >= 15 is 0 Å². The first-order valence-corrected chi connectivity index (χ1v) is 5.04. The van der Waals surface area contributed by atoms with Crippen LogP contribution in [0.15, 0.2) is 24.3 Å². The summed E-state index contributed by atoms with van der Waals surface area (Å²) in [5.74, 6) is 6.09. The van der Waals surface area contributed by atoms with Crippen LogP contribution in [-0.2, 0) is 9.53 Å². The Balaban J connectivity index is 2.59. The average Bonchev–Trinajstić information content (AvgIpc) is 2.30. The lowest BCUT2D eigenvalue weighted by Gasteiger charge is -1.98. The molecule has 0 aliphatic carbocycles. The van der Waals surface area contributed by atoms with Gasteiger partial charge in [0.1, 0.15) is 12.2 Å². The van der Waals surface area contributed by atoms with Gasteiger partial charge in [-0.15, -0.1) is 0 Å². The summed E-state index contributed by atoms with van der Waals surface area (Å²) in [5, 5.41) is 0. The fourth-order valence-corrected chi connectivity index (χ4v) is 1.13. The van der Waals surface area contributed by atoms with Crippen LogP contribution < -0.4 is 4.74 Å². The lowest BCUT2D eigenvalue weighted by molar-refractivity contribution is -0.141. The van der Waals surface area contributed by atoms with Crippen molar-refractivity contribution in [2.75, 3.05) is 13.7 Å². The van der Waals surface area contributed by atoms with Gasteiger partial charge in [0, 0.05) is 5.56 Å². The van der Waals surface area contributed by atoms with Gasteiger partial charge in [-0.25, -0.2) is 0 Å². The number of ether oxygens (including phenoxy) is 2. The van der Waals surface area contributed by atoms with Gasteiger partial charge in [0.2, 0.25) is 0 Å². The number of hydrogen-bond donors (Lipinski definition) is 0. The van der Waals surface area contributed by atoms with Gasteiger partial charge < -0.3 is 9.47 Å². The van der Waals surface area contributed by atoms with Crippen LogP contribution in [0, 0.1) is 11.8 Å². The van der Waals surface area contributed by atoms with E-state index in [1.54, 1.807) is 14.0 Å². The predicted octanol–water partition coefficient (Wildman–Crippen LogP) is 2.00. The molecule has 0 heterocycles. The van der Waals surface area contributed by atoms with Gasteiger partial charge in [-0.2, -0.15) is 0 Å². The molecule has 0 aromatic heterocycles. The van der Waals surface area contributed by atoms with Gasteiger partial charge in [0.05, 0.1) is 13.7 Å². The van der Waals surface area contributed by atoms with Gasteiger partial charge in [-0.1, -0.05) is 17.9 Å². The summed E-state index contributed by atoms with van der Waals surface area (Å²) in [7, 11) is 1.60. The second-order valence-corrected chi connectivity index (χ2v) is 3.02. The van der Waals surface area contributed by atoms with Crippen molar-refractivity contribution in [3.63, 3.8) is 0 Å². The standard InChI is InChI=1S/C13H14O3/c1-3-16-13(14)9-5-7-11-6-4-8-12(10-11)15-2/h4,6,8,10H,3,9H2,1-2H3. The van der Waals surface area contributed by atoms with Crippen molar-refractivity contribution in [2.45, 2.75) is 13.3 Å². The fourth-order valence-electron chi connectivity index (χ4n) is 1.13. The molecular formula is C13H14O3. The van der Waals surface area contributed by atoms with Gasteiger partial charge in [0.25, 0.3) is 0 Å². The van der Waals surface area contributed by atoms with Crippen LogP contribution in [-0.4, -0.2) is 19.7 Å². The van der Waals surface area contributed by atoms with E-state index in [4.69, 9.17) is 9.47 Å². The molecule has 0 atom stereocenters. The van der Waals surface area contributed by atoms with Gasteiger partial charge >= 0.3 is 5.97 Å². The number of methoxy groups -OCH3 is 1. The molecule has 0 radical (unpaired) electrons. The number of benzene rings is 1. The lowest BCUT2D eigenvalue weighted by atomic mass is 10.2. The van der Waals surface area contributed by atoms with Gasteiger partial charge in [0.15, 0.2) is 0 Å². The number of rotatable bonds is 3. The summed E-state index contributed by atoms with van der Waals surface area (Å²) < 4.78 is 9.82. The number of esters is 1. The topological polar surface area (TPSA) is 35.5 Å². The Morgan fingerprint density at radius 2 is 2.25 bits per heavy atom. The summed E-state index contributed by atoms with van der Waals surface area (Å²) in [5.41, 5.74) is 0.823. The maximum absolute atomic E-state index is 11.0. The van der Waals surface area contributed by atoms with Crippen molar-refractivity contribution >= 4 is 5.97 Å². The molecule has 0 saturated carbocycles. The van der Waals surface area contributed by atoms with E-state index in [0.717, 1.165) is 11.3 Å². The molecule has 1 aromatic carbocycles. The Labute approximate surface area is 95.4 Å². The maximum atomic E-state index is 11.0. The molecule has 1 aromatic rings. The zero-order chi connectivity index (χ0) is 11.8. The third-order valence-electron chi connectivity index (χ3n) is 1.84. The first kappa shape index (κ1) is 12.1. The highest BCUT2D eigenvalue weighted by Gasteiger charge is 1.96. The van der Waals surface area contributed by atoms with E-state index in [0.29, 0.717) is 6.61 Å². The highest BCUT2D eigenvalue weighted by molar-refractivity contribution is 5.72. The minimum absolute atomic E-state index is 0.116. The molecule has 0 amide bonds. The van der Waals surface area contributed by atoms with Crippen LogP contribution in [0.3, 0.4) is 0 Å². The van der Waals surface area contributed by atoms with Crippen LogP contribution >= 0.6 is 0 Å². The molecule has 16 heavy (non-hydrogen) atoms. The van der Waals surface area contributed by atoms with Crippen LogP contribution in [0.2, 0.25) is 0 Å². The Hall–Kier alpha value is -1.95. The quantitative estimate of drug-likeness (QED) is 0.575. The third kappa shape index (κ3) is 4.05. The lowest BCUT2D eigenvalue weighted by Crippen LogP contribution is -2.01. The highest BCUT2D eigenvalue weighted by Crippen LogP contribution is 2.11. The second-order valence-electron chi connectivity index (χ2n) is 3.02. The molecule has 3 nitrogen and oxygen atoms in total. The van der Waals surface area contributed by atoms with E-state index < -0.39 is 0 Å². The molecule has 0 saturated heterocycles. The van der Waals surface area contributed by atoms with Crippen molar-refractivity contribution in [3.05, 3.63) is 29.8 Å². The largest absolute Gasteiger partial charge is 0.497 e. The normalized spacial score (nSPS) is 8.88. The van der Waals surface area contributed by atoms with Crippen molar-refractivity contribution in [3.8, 4) is 17.6 Å². The number of carbonyl (C=O) groups excluding carboxylic acids is 1. The predicted molar refractivity (Wildman–Crippen MR) is 61.1 cm³/mol. The average molecular weight is 218 g/mol. The SMILES string of the molecule is CCOC(=O)CC#Cc1cccc(OC)c1. The summed E-state index contributed by atoms with van der Waals surface area (Å²) >= 11 is 0. The number of hydrogen-bond acceptors (Lipinski definition) is 3. The summed E-state index contributed by atoms with van der Waals surface area (Å²) in [6.45, 7) is 2.16. The molecule has 84 valence electrons. The molecule has 0 unspecified atom stereocenters. The molecule has 1 rings (SSSR count). The first-order valence-electron chi connectivity index (χ1n) is 5.04. The molecule has 0 fully saturated rings. The molecule has 0 aliphatic heterocycles. The van der Waals surface area contributed by atoms with Crippen LogP contribution in [0.4, 0.5) is 0 Å². The van der Waals surface area contributed by atoms with E-state index in [1.165, 1.54) is 0 Å². The van der Waals surface area contributed by atoms with Crippen molar-refractivity contribution in [1.82, 2.24) is 0 Å². The monoisotopic (exact) mass is 218 g/mol. The fraction of sp³-hybridized carbons (Fsp3) is 0.308. The third-order valence-corrected chi connectivity index (χ3v) is 1.84. The molecule has 0 aliphatic rings. The van der Waals surface area contributed by atoms with E-state index in [1.807, 2.05) is 24.3 Å². The molecule has 0 N–H and O–H groups in total. The van der Waals surface area contributed by atoms with Crippen molar-refractivity contribution in [2.24, 2.45) is 0 Å². The first-order chi connectivity index (χ1) is 7.76. The highest BCUT2D eigenvalue weighted by atomic mass is 16.5. The van der Waals surface area contributed by atoms with Crippen molar-refractivity contribution in [1.29, 1.82) is 0 Å². The Morgan fingerprint density at radius 3 is 2.94 bits per heavy atom. The molecule has 3 heteroatoms. The minimum Gasteiger partial charge on any atom is -0.497 e. The molecular weight excluding hydrogens is 204 g/mol. The minimum atomic E-state index is -0.294. The van der Waals surface area contributed by atoms with Crippen LogP contribution in [0.25, 0.3) is 0 Å². The zero-order valence-corrected chi connectivity index (χ0v) is 9.45. The Morgan fingerprint density at radius 1 is 1.44 bits per heavy atom. The number of carbonyl (C=O) groups is 1. The van der Waals surface area contributed by atoms with Gasteiger partial charge in [-0.05, 0) is 25.1 Å². The maximum Gasteiger partial charge on any atom is 0.317 e. The Bertz CT molecular complexity index is 413. The second kappa shape index (κ2) is 6.52. The summed E-state index contributed by atoms with van der Waals surface area (Å²) in [6.07, 6.45) is 0.116. The van der Waals surface area contributed by atoms with Crippen molar-refractivity contribution < 1.29 is 14.3 Å².